The summed E-state index contributed by atoms with van der Waals surface area (Å²) < 4.78 is 0. The van der Waals surface area contributed by atoms with E-state index in [1.807, 2.05) is 11.8 Å². The minimum atomic E-state index is -0.621. The first-order chi connectivity index (χ1) is 7.95. The van der Waals surface area contributed by atoms with Crippen LogP contribution in [-0.2, 0) is 0 Å². The maximum atomic E-state index is 10.8. The quantitative estimate of drug-likeness (QED) is 0.801. The van der Waals surface area contributed by atoms with E-state index in [1.54, 1.807) is 0 Å². The summed E-state index contributed by atoms with van der Waals surface area (Å²) in [5, 5.41) is 10.8. The average molecular weight is 258 g/mol. The molecule has 100 valence electrons. The van der Waals surface area contributed by atoms with Gasteiger partial charge in [0.15, 0.2) is 0 Å². The predicted octanol–water partition coefficient (Wildman–Crippen LogP) is 1.30. The van der Waals surface area contributed by atoms with E-state index in [2.05, 4.69) is 18.7 Å². The van der Waals surface area contributed by atoms with Crippen LogP contribution >= 0.6 is 11.8 Å². The molecule has 0 spiro atoms. The van der Waals surface area contributed by atoms with Gasteiger partial charge in [0.1, 0.15) is 0 Å². The van der Waals surface area contributed by atoms with E-state index < -0.39 is 5.60 Å². The lowest BCUT2D eigenvalue weighted by atomic mass is 9.73. The highest BCUT2D eigenvalue weighted by Crippen LogP contribution is 2.40. The second-order valence-corrected chi connectivity index (χ2v) is 7.29. The third-order valence-electron chi connectivity index (χ3n) is 4.29. The first-order valence-electron chi connectivity index (χ1n) is 6.77. The normalized spacial score (nSPS) is 34.4. The lowest BCUT2D eigenvalue weighted by molar-refractivity contribution is -0.0734. The predicted molar refractivity (Wildman–Crippen MR) is 74.3 cm³/mol. The van der Waals surface area contributed by atoms with E-state index in [-0.39, 0.29) is 5.54 Å². The van der Waals surface area contributed by atoms with Crippen molar-refractivity contribution in [1.82, 2.24) is 4.90 Å². The van der Waals surface area contributed by atoms with Crippen molar-refractivity contribution in [3.8, 4) is 0 Å². The minimum Gasteiger partial charge on any atom is -0.388 e. The third-order valence-corrected chi connectivity index (χ3v) is 5.50. The molecule has 17 heavy (non-hydrogen) atoms. The van der Waals surface area contributed by atoms with Gasteiger partial charge in [-0.2, -0.15) is 11.8 Å². The van der Waals surface area contributed by atoms with E-state index in [9.17, 15) is 5.11 Å². The van der Waals surface area contributed by atoms with Crippen molar-refractivity contribution in [2.24, 2.45) is 11.7 Å². The van der Waals surface area contributed by atoms with E-state index in [0.29, 0.717) is 5.92 Å². The van der Waals surface area contributed by atoms with Crippen LogP contribution in [0.5, 0.6) is 0 Å². The largest absolute Gasteiger partial charge is 0.388 e. The Labute approximate surface area is 109 Å². The Hall–Kier alpha value is 0.230. The van der Waals surface area contributed by atoms with Gasteiger partial charge in [-0.1, -0.05) is 13.8 Å². The van der Waals surface area contributed by atoms with E-state index in [4.69, 9.17) is 5.73 Å². The highest BCUT2D eigenvalue weighted by atomic mass is 32.2. The summed E-state index contributed by atoms with van der Waals surface area (Å²) in [7, 11) is 0. The van der Waals surface area contributed by atoms with Gasteiger partial charge in [-0.15, -0.1) is 0 Å². The molecule has 0 saturated carbocycles. The van der Waals surface area contributed by atoms with Crippen LogP contribution in [0.4, 0.5) is 0 Å². The van der Waals surface area contributed by atoms with Crippen LogP contribution in [-0.4, -0.2) is 52.3 Å². The number of likely N-dealkylation sites (tertiary alicyclic amines) is 1. The van der Waals surface area contributed by atoms with Crippen LogP contribution in [0.15, 0.2) is 0 Å². The summed E-state index contributed by atoms with van der Waals surface area (Å²) >= 11 is 1.89. The summed E-state index contributed by atoms with van der Waals surface area (Å²) in [5.41, 5.74) is 5.47. The van der Waals surface area contributed by atoms with Crippen LogP contribution in [0, 0.1) is 5.92 Å². The smallest absolute Gasteiger partial charge is 0.0859 e. The number of nitrogens with zero attached hydrogens (tertiary/aromatic N) is 1. The fraction of sp³-hybridized carbons (Fsp3) is 1.00. The Kier molecular flexibility index (Phi) is 4.08. The van der Waals surface area contributed by atoms with Gasteiger partial charge in [0.2, 0.25) is 0 Å². The van der Waals surface area contributed by atoms with Crippen molar-refractivity contribution in [2.75, 3.05) is 31.1 Å². The molecular formula is C13H26N2OS. The molecule has 1 unspecified atom stereocenters. The molecule has 2 rings (SSSR count). The molecule has 0 aliphatic carbocycles. The molecule has 0 amide bonds. The average Bonchev–Trinajstić information content (AvgIpc) is 2.70. The molecule has 0 bridgehead atoms. The number of aliphatic hydroxyl groups is 1. The van der Waals surface area contributed by atoms with Crippen molar-refractivity contribution in [1.29, 1.82) is 0 Å². The van der Waals surface area contributed by atoms with Crippen molar-refractivity contribution < 1.29 is 5.11 Å². The summed E-state index contributed by atoms with van der Waals surface area (Å²) in [4.78, 5) is 2.46. The highest BCUT2D eigenvalue weighted by molar-refractivity contribution is 7.99. The molecule has 2 heterocycles. The molecule has 3 nitrogen and oxygen atoms in total. The van der Waals surface area contributed by atoms with Gasteiger partial charge < -0.3 is 15.7 Å². The molecule has 3 N–H and O–H groups in total. The standard InChI is InChI=1S/C13H26N2OS/c1-11(2)9-15-6-3-13(16,4-7-15)12(14)5-8-17-10-12/h11,16H,3-10,14H2,1-2H3. The molecule has 0 aromatic heterocycles. The maximum Gasteiger partial charge on any atom is 0.0859 e. The molecule has 1 atom stereocenters. The molecule has 4 heteroatoms. The second-order valence-electron chi connectivity index (χ2n) is 6.18. The molecule has 0 aromatic rings. The van der Waals surface area contributed by atoms with Crippen molar-refractivity contribution in [2.45, 2.75) is 44.2 Å². The Morgan fingerprint density at radius 3 is 2.41 bits per heavy atom. The van der Waals surface area contributed by atoms with E-state index in [0.717, 1.165) is 50.4 Å². The van der Waals surface area contributed by atoms with Crippen LogP contribution in [0.1, 0.15) is 33.1 Å². The number of hydrogen-bond acceptors (Lipinski definition) is 4. The summed E-state index contributed by atoms with van der Waals surface area (Å²) in [6, 6.07) is 0. The SMILES string of the molecule is CC(C)CN1CCC(O)(C2(N)CCSC2)CC1. The van der Waals surface area contributed by atoms with Crippen molar-refractivity contribution in [3.05, 3.63) is 0 Å². The molecular weight excluding hydrogens is 232 g/mol. The minimum absolute atomic E-state index is 0.332. The zero-order valence-electron chi connectivity index (χ0n) is 11.1. The third kappa shape index (κ3) is 2.80. The van der Waals surface area contributed by atoms with Gasteiger partial charge in [0, 0.05) is 25.4 Å². The molecule has 2 fully saturated rings. The summed E-state index contributed by atoms with van der Waals surface area (Å²) in [5.74, 6) is 2.73. The number of rotatable bonds is 3. The van der Waals surface area contributed by atoms with E-state index in [1.165, 1.54) is 0 Å². The number of piperidine rings is 1. The Bertz CT molecular complexity index is 256. The summed E-state index contributed by atoms with van der Waals surface area (Å²) in [6.07, 6.45) is 2.66. The topological polar surface area (TPSA) is 49.5 Å². The maximum absolute atomic E-state index is 10.8. The Morgan fingerprint density at radius 2 is 1.94 bits per heavy atom. The molecule has 2 aliphatic rings. The molecule has 2 aliphatic heterocycles. The second kappa shape index (κ2) is 5.08. The van der Waals surface area contributed by atoms with Crippen LogP contribution in [0.2, 0.25) is 0 Å². The van der Waals surface area contributed by atoms with Crippen LogP contribution in [0.25, 0.3) is 0 Å². The number of hydrogen-bond donors (Lipinski definition) is 2. The van der Waals surface area contributed by atoms with E-state index >= 15 is 0 Å². The van der Waals surface area contributed by atoms with Crippen molar-refractivity contribution in [3.63, 3.8) is 0 Å². The monoisotopic (exact) mass is 258 g/mol. The fourth-order valence-electron chi connectivity index (χ4n) is 3.07. The highest BCUT2D eigenvalue weighted by Gasteiger charge is 2.50. The zero-order valence-corrected chi connectivity index (χ0v) is 11.9. The number of thioether (sulfide) groups is 1. The van der Waals surface area contributed by atoms with Gasteiger partial charge in [-0.3, -0.25) is 0 Å². The van der Waals surface area contributed by atoms with Crippen LogP contribution in [0.3, 0.4) is 0 Å². The molecule has 0 radical (unpaired) electrons. The van der Waals surface area contributed by atoms with Gasteiger partial charge >= 0.3 is 0 Å². The zero-order chi connectivity index (χ0) is 12.5. The first kappa shape index (κ1) is 13.7. The summed E-state index contributed by atoms with van der Waals surface area (Å²) in [6.45, 7) is 7.64. The molecule has 0 aromatic carbocycles. The van der Waals surface area contributed by atoms with Gasteiger partial charge in [0.05, 0.1) is 11.1 Å². The lowest BCUT2D eigenvalue weighted by Crippen LogP contribution is -2.64. The van der Waals surface area contributed by atoms with Gasteiger partial charge in [-0.05, 0) is 30.9 Å². The van der Waals surface area contributed by atoms with Crippen LogP contribution < -0.4 is 5.73 Å². The Balaban J connectivity index is 1.92. The van der Waals surface area contributed by atoms with Crippen molar-refractivity contribution >= 4 is 11.8 Å². The number of nitrogens with two attached hydrogens (primary N) is 1. The van der Waals surface area contributed by atoms with Gasteiger partial charge in [-0.25, -0.2) is 0 Å². The lowest BCUT2D eigenvalue weighted by Gasteiger charge is -2.47. The molecule has 2 saturated heterocycles. The van der Waals surface area contributed by atoms with Gasteiger partial charge in [0.25, 0.3) is 0 Å². The fourth-order valence-corrected chi connectivity index (χ4v) is 4.50. The first-order valence-corrected chi connectivity index (χ1v) is 7.92. The Morgan fingerprint density at radius 1 is 1.29 bits per heavy atom.